The molecule has 0 aromatic carbocycles. The molecule has 0 aliphatic carbocycles. The number of H-pyrrole nitrogens is 1. The molecule has 2 rings (SSSR count). The number of nitrogens with zero attached hydrogens (tertiary/aromatic N) is 3. The molecule has 2 heterocycles. The van der Waals surface area contributed by atoms with Gasteiger partial charge in [-0.05, 0) is 10.4 Å². The van der Waals surface area contributed by atoms with Crippen LogP contribution in [0.1, 0.15) is 0 Å². The lowest BCUT2D eigenvalue weighted by atomic mass is 10.5. The Morgan fingerprint density at radius 1 is 1.70 bits per heavy atom. The van der Waals surface area contributed by atoms with Gasteiger partial charge in [-0.2, -0.15) is 0 Å². The third-order valence-corrected chi connectivity index (χ3v) is 1.15. The number of hydrogen-bond donors (Lipinski definition) is 1. The van der Waals surface area contributed by atoms with E-state index in [1.165, 1.54) is 16.8 Å². The number of aromatic nitrogens is 4. The lowest BCUT2D eigenvalue weighted by Gasteiger charge is -1.82. The third kappa shape index (κ3) is 0.604. The van der Waals surface area contributed by atoms with Gasteiger partial charge in [0, 0.05) is 12.3 Å². The Morgan fingerprint density at radius 3 is 3.50 bits per heavy atom. The highest BCUT2D eigenvalue weighted by Crippen LogP contribution is 1.86. The van der Waals surface area contributed by atoms with E-state index in [-0.39, 0.29) is 5.43 Å². The Bertz CT molecular complexity index is 401. The van der Waals surface area contributed by atoms with Crippen LogP contribution in [0, 0.1) is 6.07 Å². The monoisotopic (exact) mass is 135 g/mol. The number of rotatable bonds is 0. The van der Waals surface area contributed by atoms with Crippen molar-refractivity contribution in [3.63, 3.8) is 0 Å². The molecule has 0 fully saturated rings. The SMILES string of the molecule is O=c1[c]cn2nn[nH]c2c1. The molecule has 0 amide bonds. The van der Waals surface area contributed by atoms with Crippen LogP contribution in [0.15, 0.2) is 17.1 Å². The van der Waals surface area contributed by atoms with Crippen molar-refractivity contribution in [2.45, 2.75) is 0 Å². The van der Waals surface area contributed by atoms with Gasteiger partial charge in [0.05, 0.1) is 6.07 Å². The normalized spacial score (nSPS) is 10.4. The molecule has 0 aliphatic rings. The minimum Gasteiger partial charge on any atom is -0.289 e. The summed E-state index contributed by atoms with van der Waals surface area (Å²) in [5.74, 6) is 0. The number of hydrogen-bond acceptors (Lipinski definition) is 3. The second-order valence-corrected chi connectivity index (χ2v) is 1.81. The van der Waals surface area contributed by atoms with Crippen LogP contribution in [0.2, 0.25) is 0 Å². The zero-order valence-corrected chi connectivity index (χ0v) is 4.90. The van der Waals surface area contributed by atoms with Crippen LogP contribution in [-0.4, -0.2) is 20.0 Å². The van der Waals surface area contributed by atoms with Gasteiger partial charge >= 0.3 is 0 Å². The van der Waals surface area contributed by atoms with Crippen LogP contribution in [-0.2, 0) is 0 Å². The molecule has 1 N–H and O–H groups in total. The Morgan fingerprint density at radius 2 is 2.60 bits per heavy atom. The van der Waals surface area contributed by atoms with Gasteiger partial charge in [0.1, 0.15) is 0 Å². The Labute approximate surface area is 55.3 Å². The van der Waals surface area contributed by atoms with E-state index in [4.69, 9.17) is 0 Å². The summed E-state index contributed by atoms with van der Waals surface area (Å²) in [4.78, 5) is 10.6. The highest BCUT2D eigenvalue weighted by atomic mass is 16.1. The summed E-state index contributed by atoms with van der Waals surface area (Å²) in [5, 5.41) is 9.61. The van der Waals surface area contributed by atoms with Gasteiger partial charge in [0.25, 0.3) is 0 Å². The molecule has 0 aliphatic heterocycles. The van der Waals surface area contributed by atoms with Gasteiger partial charge in [0.2, 0.25) is 0 Å². The summed E-state index contributed by atoms with van der Waals surface area (Å²) in [6.45, 7) is 0. The van der Waals surface area contributed by atoms with E-state index in [1.54, 1.807) is 0 Å². The predicted octanol–water partition coefficient (Wildman–Crippen LogP) is -0.782. The molecule has 1 radical (unpaired) electrons. The first kappa shape index (κ1) is 5.16. The van der Waals surface area contributed by atoms with Crippen molar-refractivity contribution in [3.8, 4) is 0 Å². The summed E-state index contributed by atoms with van der Waals surface area (Å²) in [6.07, 6.45) is 1.43. The summed E-state index contributed by atoms with van der Waals surface area (Å²) in [6, 6.07) is 3.82. The van der Waals surface area contributed by atoms with E-state index in [2.05, 4.69) is 21.6 Å². The molecule has 0 spiro atoms. The average Bonchev–Trinajstić information content (AvgIpc) is 2.33. The summed E-state index contributed by atoms with van der Waals surface area (Å²) < 4.78 is 1.43. The molecule has 5 heteroatoms. The number of aromatic amines is 1. The van der Waals surface area contributed by atoms with Gasteiger partial charge in [0.15, 0.2) is 11.1 Å². The first-order chi connectivity index (χ1) is 4.86. The van der Waals surface area contributed by atoms with Crippen molar-refractivity contribution in [1.82, 2.24) is 20.0 Å². The fourth-order valence-corrected chi connectivity index (χ4v) is 0.706. The van der Waals surface area contributed by atoms with Crippen LogP contribution >= 0.6 is 0 Å². The second kappa shape index (κ2) is 1.66. The van der Waals surface area contributed by atoms with Crippen molar-refractivity contribution in [1.29, 1.82) is 0 Å². The molecule has 10 heavy (non-hydrogen) atoms. The Kier molecular flexibility index (Phi) is 0.858. The second-order valence-electron chi connectivity index (χ2n) is 1.81. The molecule has 0 atom stereocenters. The highest BCUT2D eigenvalue weighted by Gasteiger charge is 1.92. The number of pyridine rings is 1. The van der Waals surface area contributed by atoms with E-state index in [0.29, 0.717) is 5.65 Å². The van der Waals surface area contributed by atoms with E-state index >= 15 is 0 Å². The molecule has 0 unspecified atom stereocenters. The Hall–Kier alpha value is -1.65. The standard InChI is InChI=1S/C5H3N4O/c10-4-1-2-9-5(3-4)6-7-8-9/h2-3H,(H,6,8). The van der Waals surface area contributed by atoms with Crippen molar-refractivity contribution < 1.29 is 0 Å². The zero-order valence-electron chi connectivity index (χ0n) is 4.90. The molecular formula is C5H3N4O. The molecular weight excluding hydrogens is 132 g/mol. The Balaban J connectivity index is 2.99. The van der Waals surface area contributed by atoms with E-state index in [0.717, 1.165) is 0 Å². The fourth-order valence-electron chi connectivity index (χ4n) is 0.706. The largest absolute Gasteiger partial charge is 0.289 e. The summed E-state index contributed by atoms with van der Waals surface area (Å²) in [5.41, 5.74) is 0.398. The maximum absolute atomic E-state index is 10.6. The van der Waals surface area contributed by atoms with E-state index in [9.17, 15) is 4.79 Å². The molecule has 0 saturated carbocycles. The maximum Gasteiger partial charge on any atom is 0.191 e. The molecule has 0 saturated heterocycles. The average molecular weight is 135 g/mol. The van der Waals surface area contributed by atoms with E-state index < -0.39 is 0 Å². The van der Waals surface area contributed by atoms with Crippen LogP contribution < -0.4 is 5.43 Å². The number of nitrogens with one attached hydrogen (secondary N) is 1. The van der Waals surface area contributed by atoms with Gasteiger partial charge in [-0.15, -0.1) is 0 Å². The fraction of sp³-hybridized carbons (Fsp3) is 0. The number of fused-ring (bicyclic) bond motifs is 1. The van der Waals surface area contributed by atoms with Crippen molar-refractivity contribution in [2.24, 2.45) is 0 Å². The molecule has 49 valence electrons. The van der Waals surface area contributed by atoms with Crippen LogP contribution in [0.4, 0.5) is 0 Å². The van der Waals surface area contributed by atoms with Crippen LogP contribution in [0.3, 0.4) is 0 Å². The quantitative estimate of drug-likeness (QED) is 0.515. The van der Waals surface area contributed by atoms with Gasteiger partial charge < -0.3 is 0 Å². The molecule has 0 bridgehead atoms. The van der Waals surface area contributed by atoms with Gasteiger partial charge in [-0.3, -0.25) is 4.79 Å². The minimum absolute atomic E-state index is 0.175. The zero-order chi connectivity index (χ0) is 6.97. The molecule has 2 aromatic heterocycles. The topological polar surface area (TPSA) is 63.1 Å². The molecule has 5 nitrogen and oxygen atoms in total. The lowest BCUT2D eigenvalue weighted by Crippen LogP contribution is -1.99. The maximum atomic E-state index is 10.6. The van der Waals surface area contributed by atoms with Crippen molar-refractivity contribution in [3.05, 3.63) is 28.6 Å². The first-order valence-corrected chi connectivity index (χ1v) is 2.68. The number of tetrazole rings is 1. The van der Waals surface area contributed by atoms with Crippen LogP contribution in [0.5, 0.6) is 0 Å². The van der Waals surface area contributed by atoms with Crippen molar-refractivity contribution in [2.75, 3.05) is 0 Å². The third-order valence-electron chi connectivity index (χ3n) is 1.15. The molecule has 2 aromatic rings. The minimum atomic E-state index is -0.175. The van der Waals surface area contributed by atoms with Gasteiger partial charge in [-0.25, -0.2) is 9.61 Å². The van der Waals surface area contributed by atoms with Gasteiger partial charge in [-0.1, -0.05) is 0 Å². The first-order valence-electron chi connectivity index (χ1n) is 2.68. The lowest BCUT2D eigenvalue weighted by molar-refractivity contribution is 0.822. The predicted molar refractivity (Wildman–Crippen MR) is 32.4 cm³/mol. The summed E-state index contributed by atoms with van der Waals surface area (Å²) in [7, 11) is 0. The smallest absolute Gasteiger partial charge is 0.191 e. The highest BCUT2D eigenvalue weighted by molar-refractivity contribution is 5.32. The van der Waals surface area contributed by atoms with E-state index in [1.807, 2.05) is 0 Å². The summed E-state index contributed by atoms with van der Waals surface area (Å²) >= 11 is 0. The van der Waals surface area contributed by atoms with Crippen molar-refractivity contribution >= 4 is 5.65 Å². The van der Waals surface area contributed by atoms with Crippen LogP contribution in [0.25, 0.3) is 5.65 Å².